The number of nitrogens with zero attached hydrogens (tertiary/aromatic N) is 1. The Balaban J connectivity index is 1.72. The third kappa shape index (κ3) is 5.19. The maximum Gasteiger partial charge on any atom is 0.293 e. The SMILES string of the molecule is COC[C@@H](C)NS(=O)(=O)c1ccc(NCC[C@@H]2C(=O)Nc3ccccc32)c([N+](=O)[O-])c1. The minimum absolute atomic E-state index is 0.116. The topological polar surface area (TPSA) is 140 Å². The number of nitro groups is 1. The number of carbonyl (C=O) groups excluding carboxylic acids is 1. The van der Waals surface area contributed by atoms with Crippen molar-refractivity contribution in [1.29, 1.82) is 0 Å². The van der Waals surface area contributed by atoms with Crippen LogP contribution in [0.4, 0.5) is 17.1 Å². The van der Waals surface area contributed by atoms with Gasteiger partial charge in [-0.2, -0.15) is 0 Å². The monoisotopic (exact) mass is 448 g/mol. The van der Waals surface area contributed by atoms with Crippen molar-refractivity contribution in [3.63, 3.8) is 0 Å². The van der Waals surface area contributed by atoms with Gasteiger partial charge in [0.05, 0.1) is 22.3 Å². The van der Waals surface area contributed by atoms with Crippen molar-refractivity contribution in [1.82, 2.24) is 4.72 Å². The second kappa shape index (κ2) is 9.41. The average Bonchev–Trinajstić information content (AvgIpc) is 3.03. The Hall–Kier alpha value is -3.02. The minimum Gasteiger partial charge on any atom is -0.383 e. The Morgan fingerprint density at radius 1 is 1.26 bits per heavy atom. The Morgan fingerprint density at radius 3 is 2.71 bits per heavy atom. The Morgan fingerprint density at radius 2 is 2.00 bits per heavy atom. The molecule has 10 nitrogen and oxygen atoms in total. The van der Waals surface area contributed by atoms with Gasteiger partial charge in [-0.1, -0.05) is 18.2 Å². The standard InChI is InChI=1S/C20H24N4O6S/c1-13(12-30-2)23-31(28,29)14-7-8-18(19(11-14)24(26)27)21-10-9-16-15-5-3-4-6-17(15)22-20(16)25/h3-8,11,13,16,21,23H,9-10,12H2,1-2H3,(H,22,25)/t13-,16+/m1/s1. The highest BCUT2D eigenvalue weighted by atomic mass is 32.2. The minimum atomic E-state index is -3.94. The molecule has 3 N–H and O–H groups in total. The van der Waals surface area contributed by atoms with E-state index in [0.717, 1.165) is 17.3 Å². The first-order chi connectivity index (χ1) is 14.7. The predicted molar refractivity (Wildman–Crippen MR) is 116 cm³/mol. The molecule has 2 atom stereocenters. The highest BCUT2D eigenvalue weighted by Gasteiger charge is 2.30. The number of para-hydroxylation sites is 1. The van der Waals surface area contributed by atoms with E-state index in [2.05, 4.69) is 15.4 Å². The van der Waals surface area contributed by atoms with E-state index in [1.165, 1.54) is 19.2 Å². The summed E-state index contributed by atoms with van der Waals surface area (Å²) in [5.74, 6) is -0.468. The fourth-order valence-corrected chi connectivity index (χ4v) is 4.76. The molecular formula is C20H24N4O6S. The summed E-state index contributed by atoms with van der Waals surface area (Å²) in [6.45, 7) is 2.09. The molecule has 1 amide bonds. The van der Waals surface area contributed by atoms with Gasteiger partial charge in [-0.15, -0.1) is 0 Å². The zero-order valence-corrected chi connectivity index (χ0v) is 17.9. The average molecular weight is 449 g/mol. The first-order valence-corrected chi connectivity index (χ1v) is 11.1. The lowest BCUT2D eigenvalue weighted by molar-refractivity contribution is -0.384. The summed E-state index contributed by atoms with van der Waals surface area (Å²) in [5, 5.41) is 17.3. The van der Waals surface area contributed by atoms with Crippen molar-refractivity contribution in [3.05, 3.63) is 58.1 Å². The molecule has 2 aromatic carbocycles. The third-order valence-electron chi connectivity index (χ3n) is 4.91. The molecule has 31 heavy (non-hydrogen) atoms. The molecule has 1 aliphatic heterocycles. The molecule has 0 fully saturated rings. The van der Waals surface area contributed by atoms with Gasteiger partial charge in [0, 0.05) is 31.5 Å². The molecule has 1 heterocycles. The van der Waals surface area contributed by atoms with Crippen molar-refractivity contribution in [2.24, 2.45) is 0 Å². The van der Waals surface area contributed by atoms with Crippen LogP contribution in [0.1, 0.15) is 24.8 Å². The first kappa shape index (κ1) is 22.7. The molecular weight excluding hydrogens is 424 g/mol. The second-order valence-electron chi connectivity index (χ2n) is 7.26. The Kier molecular flexibility index (Phi) is 6.88. The van der Waals surface area contributed by atoms with Gasteiger partial charge in [0.1, 0.15) is 5.69 Å². The van der Waals surface area contributed by atoms with Gasteiger partial charge in [0.15, 0.2) is 0 Å². The van der Waals surface area contributed by atoms with E-state index in [1.54, 1.807) is 6.92 Å². The largest absolute Gasteiger partial charge is 0.383 e. The number of methoxy groups -OCH3 is 1. The number of amides is 1. The molecule has 0 spiro atoms. The van der Waals surface area contributed by atoms with Gasteiger partial charge in [0.2, 0.25) is 15.9 Å². The number of ether oxygens (including phenoxy) is 1. The molecule has 0 saturated heterocycles. The number of carbonyl (C=O) groups is 1. The normalized spacial score (nSPS) is 16.5. The number of hydrogen-bond acceptors (Lipinski definition) is 7. The first-order valence-electron chi connectivity index (χ1n) is 9.66. The van der Waals surface area contributed by atoms with Crippen LogP contribution >= 0.6 is 0 Å². The molecule has 0 radical (unpaired) electrons. The molecule has 11 heteroatoms. The summed E-state index contributed by atoms with van der Waals surface area (Å²) in [6.07, 6.45) is 0.427. The zero-order valence-electron chi connectivity index (χ0n) is 17.1. The highest BCUT2D eigenvalue weighted by molar-refractivity contribution is 7.89. The van der Waals surface area contributed by atoms with E-state index < -0.39 is 21.0 Å². The van der Waals surface area contributed by atoms with E-state index in [0.29, 0.717) is 13.0 Å². The number of hydrogen-bond donors (Lipinski definition) is 3. The zero-order chi connectivity index (χ0) is 22.6. The number of sulfonamides is 1. The number of fused-ring (bicyclic) bond motifs is 1. The van der Waals surface area contributed by atoms with Gasteiger partial charge < -0.3 is 15.4 Å². The van der Waals surface area contributed by atoms with Gasteiger partial charge in [-0.05, 0) is 37.1 Å². The van der Waals surface area contributed by atoms with E-state index in [9.17, 15) is 23.3 Å². The molecule has 2 aromatic rings. The quantitative estimate of drug-likeness (QED) is 0.375. The Labute approximate surface area is 180 Å². The van der Waals surface area contributed by atoms with Crippen molar-refractivity contribution in [2.75, 3.05) is 30.9 Å². The number of nitrogens with one attached hydrogen (secondary N) is 3. The Bertz CT molecular complexity index is 1090. The summed E-state index contributed by atoms with van der Waals surface area (Å²) >= 11 is 0. The summed E-state index contributed by atoms with van der Waals surface area (Å²) in [6, 6.07) is 10.6. The van der Waals surface area contributed by atoms with E-state index >= 15 is 0 Å². The highest BCUT2D eigenvalue weighted by Crippen LogP contribution is 2.34. The van der Waals surface area contributed by atoms with Crippen LogP contribution in [-0.2, 0) is 19.6 Å². The molecule has 1 aliphatic rings. The molecule has 3 rings (SSSR count). The molecule has 0 aromatic heterocycles. The van der Waals surface area contributed by atoms with Gasteiger partial charge in [0.25, 0.3) is 5.69 Å². The van der Waals surface area contributed by atoms with Crippen LogP contribution in [0.15, 0.2) is 47.4 Å². The van der Waals surface area contributed by atoms with Crippen LogP contribution in [0.25, 0.3) is 0 Å². The van der Waals surface area contributed by atoms with Crippen LogP contribution < -0.4 is 15.4 Å². The fraction of sp³-hybridized carbons (Fsp3) is 0.350. The maximum absolute atomic E-state index is 12.5. The van der Waals surface area contributed by atoms with Crippen LogP contribution in [0.3, 0.4) is 0 Å². The molecule has 0 unspecified atom stereocenters. The molecule has 166 valence electrons. The van der Waals surface area contributed by atoms with Crippen molar-refractivity contribution < 1.29 is 22.9 Å². The van der Waals surface area contributed by atoms with E-state index in [-0.39, 0.29) is 34.7 Å². The lowest BCUT2D eigenvalue weighted by Crippen LogP contribution is -2.35. The summed E-state index contributed by atoms with van der Waals surface area (Å²) in [7, 11) is -2.50. The van der Waals surface area contributed by atoms with Crippen LogP contribution in [0.5, 0.6) is 0 Å². The van der Waals surface area contributed by atoms with Crippen molar-refractivity contribution in [2.45, 2.75) is 30.2 Å². The van der Waals surface area contributed by atoms with Gasteiger partial charge in [-0.3, -0.25) is 14.9 Å². The van der Waals surface area contributed by atoms with Crippen LogP contribution in [0, 0.1) is 10.1 Å². The van der Waals surface area contributed by atoms with Crippen molar-refractivity contribution >= 4 is 33.0 Å². The van der Waals surface area contributed by atoms with E-state index in [4.69, 9.17) is 4.74 Å². The lowest BCUT2D eigenvalue weighted by atomic mass is 9.97. The van der Waals surface area contributed by atoms with Crippen molar-refractivity contribution in [3.8, 4) is 0 Å². The molecule has 0 bridgehead atoms. The molecule has 0 saturated carbocycles. The summed E-state index contributed by atoms with van der Waals surface area (Å²) in [4.78, 5) is 22.9. The maximum atomic E-state index is 12.5. The number of benzene rings is 2. The number of rotatable bonds is 10. The van der Waals surface area contributed by atoms with Crippen LogP contribution in [0.2, 0.25) is 0 Å². The van der Waals surface area contributed by atoms with Gasteiger partial charge in [-0.25, -0.2) is 13.1 Å². The lowest BCUT2D eigenvalue weighted by Gasteiger charge is -2.14. The summed E-state index contributed by atoms with van der Waals surface area (Å²) in [5.41, 5.74) is 1.48. The number of anilines is 2. The third-order valence-corrected chi connectivity index (χ3v) is 6.50. The van der Waals surface area contributed by atoms with E-state index in [1.807, 2.05) is 24.3 Å². The predicted octanol–water partition coefficient (Wildman–Crippen LogP) is 2.45. The summed E-state index contributed by atoms with van der Waals surface area (Å²) < 4.78 is 32.3. The smallest absolute Gasteiger partial charge is 0.293 e. The fourth-order valence-electron chi connectivity index (χ4n) is 3.51. The second-order valence-corrected chi connectivity index (χ2v) is 8.97. The molecule has 0 aliphatic carbocycles. The van der Waals surface area contributed by atoms with Gasteiger partial charge >= 0.3 is 0 Å². The van der Waals surface area contributed by atoms with Crippen LogP contribution in [-0.4, -0.2) is 45.6 Å². The number of nitro benzene ring substituents is 1.